The molecular formula is C8H20N2Si. The predicted molar refractivity (Wildman–Crippen MR) is 52.2 cm³/mol. The molecule has 0 unspecified atom stereocenters. The van der Waals surface area contributed by atoms with Crippen LogP contribution < -0.4 is 9.96 Å². The van der Waals surface area contributed by atoms with Crippen LogP contribution in [0.3, 0.4) is 0 Å². The lowest BCUT2D eigenvalue weighted by Gasteiger charge is -2.11. The van der Waals surface area contributed by atoms with Gasteiger partial charge in [-0.25, -0.2) is 0 Å². The van der Waals surface area contributed by atoms with Crippen molar-refractivity contribution in [2.24, 2.45) is 0 Å². The Morgan fingerprint density at radius 3 is 2.73 bits per heavy atom. The van der Waals surface area contributed by atoms with Gasteiger partial charge in [0.1, 0.15) is 0 Å². The molecule has 1 aliphatic carbocycles. The van der Waals surface area contributed by atoms with Crippen LogP contribution in [0.5, 0.6) is 0 Å². The van der Waals surface area contributed by atoms with E-state index < -0.39 is 0 Å². The minimum absolute atomic E-state index is 0.129. The summed E-state index contributed by atoms with van der Waals surface area (Å²) in [6.07, 6.45) is 6.99. The van der Waals surface area contributed by atoms with Gasteiger partial charge in [-0.05, 0) is 25.8 Å². The average Bonchev–Trinajstić information content (AvgIpc) is 2.50. The Hall–Kier alpha value is 0.137. The molecule has 1 rings (SSSR count). The lowest BCUT2D eigenvalue weighted by Crippen LogP contribution is -2.39. The van der Waals surface area contributed by atoms with Crippen LogP contribution >= 0.6 is 0 Å². The van der Waals surface area contributed by atoms with Gasteiger partial charge in [-0.15, -0.1) is 0 Å². The first kappa shape index (κ1) is 9.23. The van der Waals surface area contributed by atoms with E-state index in [-0.39, 0.29) is 9.84 Å². The molecule has 0 heterocycles. The summed E-state index contributed by atoms with van der Waals surface area (Å²) in [4.78, 5) is 7.13. The molecule has 1 fully saturated rings. The second kappa shape index (κ2) is 5.74. The Morgan fingerprint density at radius 2 is 2.09 bits per heavy atom. The molecule has 0 amide bonds. The van der Waals surface area contributed by atoms with Crippen LogP contribution in [0, 0.1) is 0 Å². The lowest BCUT2D eigenvalue weighted by molar-refractivity contribution is 0.635. The van der Waals surface area contributed by atoms with Gasteiger partial charge in [0.05, 0.1) is 0 Å². The lowest BCUT2D eigenvalue weighted by atomic mass is 10.3. The first-order valence-corrected chi connectivity index (χ1v) is 6.29. The Morgan fingerprint density at radius 1 is 1.36 bits per heavy atom. The van der Waals surface area contributed by atoms with E-state index in [2.05, 4.69) is 16.9 Å². The van der Waals surface area contributed by atoms with E-state index in [0.717, 1.165) is 6.04 Å². The molecule has 0 spiro atoms. The highest BCUT2D eigenvalue weighted by molar-refractivity contribution is 6.28. The van der Waals surface area contributed by atoms with Crippen LogP contribution in [0.25, 0.3) is 0 Å². The summed E-state index contributed by atoms with van der Waals surface area (Å²) in [6.45, 7) is 3.42. The third-order valence-corrected chi connectivity index (χ3v) is 3.68. The summed E-state index contributed by atoms with van der Waals surface area (Å²) in [5.41, 5.74) is 0. The van der Waals surface area contributed by atoms with Gasteiger partial charge in [0.15, 0.2) is 9.84 Å². The number of hydrogen-bond acceptors (Lipinski definition) is 2. The molecule has 0 saturated heterocycles. The summed E-state index contributed by atoms with van der Waals surface area (Å²) in [6, 6.07) is 0.867. The van der Waals surface area contributed by atoms with Gasteiger partial charge < -0.3 is 9.96 Å². The quantitative estimate of drug-likeness (QED) is 0.467. The van der Waals surface area contributed by atoms with Crippen molar-refractivity contribution in [2.45, 2.75) is 45.1 Å². The fourth-order valence-electron chi connectivity index (χ4n) is 1.61. The molecule has 2 N–H and O–H groups in total. The summed E-state index contributed by atoms with van der Waals surface area (Å²) in [5, 5.41) is 0. The third kappa shape index (κ3) is 3.89. The van der Waals surface area contributed by atoms with E-state index >= 15 is 0 Å². The molecule has 11 heavy (non-hydrogen) atoms. The van der Waals surface area contributed by atoms with E-state index in [0.29, 0.717) is 0 Å². The molecule has 3 heteroatoms. The Balaban J connectivity index is 1.86. The third-order valence-electron chi connectivity index (χ3n) is 2.30. The molecule has 0 bridgehead atoms. The smallest absolute Gasteiger partial charge is 0.167 e. The molecule has 0 atom stereocenters. The predicted octanol–water partition coefficient (Wildman–Crippen LogP) is 0.517. The van der Waals surface area contributed by atoms with Gasteiger partial charge in [-0.1, -0.05) is 19.8 Å². The fourth-order valence-corrected chi connectivity index (χ4v) is 2.98. The second-order valence-corrected chi connectivity index (χ2v) is 4.62. The molecule has 0 aromatic heterocycles. The molecule has 1 saturated carbocycles. The van der Waals surface area contributed by atoms with Crippen molar-refractivity contribution < 1.29 is 0 Å². The topological polar surface area (TPSA) is 24.1 Å². The van der Waals surface area contributed by atoms with Crippen LogP contribution in [0.15, 0.2) is 0 Å². The molecule has 0 aliphatic heterocycles. The van der Waals surface area contributed by atoms with E-state index in [1.807, 2.05) is 0 Å². The van der Waals surface area contributed by atoms with Crippen molar-refractivity contribution >= 4 is 9.84 Å². The van der Waals surface area contributed by atoms with Gasteiger partial charge in [-0.2, -0.15) is 0 Å². The summed E-state index contributed by atoms with van der Waals surface area (Å²) in [5.74, 6) is 0. The van der Waals surface area contributed by atoms with Crippen molar-refractivity contribution in [3.05, 3.63) is 0 Å². The van der Waals surface area contributed by atoms with Gasteiger partial charge in [-0.3, -0.25) is 0 Å². The standard InChI is InChI=1S/C8H20N2Si/c1-2-7-9-11-10-8-5-3-4-6-8/h8-10H,2-7,11H2,1H3. The SMILES string of the molecule is CCCN[SiH2]NC1CCCC1. The number of hydrogen-bond donors (Lipinski definition) is 2. The maximum absolute atomic E-state index is 3.64. The Kier molecular flexibility index (Phi) is 4.82. The van der Waals surface area contributed by atoms with E-state index in [9.17, 15) is 0 Å². The van der Waals surface area contributed by atoms with Crippen molar-refractivity contribution in [3.8, 4) is 0 Å². The van der Waals surface area contributed by atoms with E-state index in [1.54, 1.807) is 0 Å². The highest BCUT2D eigenvalue weighted by Crippen LogP contribution is 2.16. The fraction of sp³-hybridized carbons (Fsp3) is 1.00. The minimum atomic E-state index is -0.129. The average molecular weight is 172 g/mol. The summed E-state index contributed by atoms with van der Waals surface area (Å²) in [7, 11) is -0.129. The maximum atomic E-state index is 3.64. The first-order valence-electron chi connectivity index (χ1n) is 4.87. The summed E-state index contributed by atoms with van der Waals surface area (Å²) >= 11 is 0. The minimum Gasteiger partial charge on any atom is -0.330 e. The highest BCUT2D eigenvalue weighted by atomic mass is 28.2. The molecule has 1 aliphatic rings. The van der Waals surface area contributed by atoms with Crippen molar-refractivity contribution in [1.29, 1.82) is 0 Å². The van der Waals surface area contributed by atoms with Crippen molar-refractivity contribution in [2.75, 3.05) is 6.54 Å². The van der Waals surface area contributed by atoms with Gasteiger partial charge >= 0.3 is 0 Å². The van der Waals surface area contributed by atoms with E-state index in [1.165, 1.54) is 38.6 Å². The van der Waals surface area contributed by atoms with Gasteiger partial charge in [0.25, 0.3) is 0 Å². The Labute approximate surface area is 72.1 Å². The molecule has 0 aromatic rings. The molecule has 2 nitrogen and oxygen atoms in total. The van der Waals surface area contributed by atoms with Gasteiger partial charge in [0, 0.05) is 6.04 Å². The monoisotopic (exact) mass is 172 g/mol. The second-order valence-electron chi connectivity index (χ2n) is 3.36. The molecule has 0 radical (unpaired) electrons. The number of rotatable bonds is 5. The summed E-state index contributed by atoms with van der Waals surface area (Å²) < 4.78 is 0. The van der Waals surface area contributed by atoms with Crippen molar-refractivity contribution in [1.82, 2.24) is 9.96 Å². The maximum Gasteiger partial charge on any atom is 0.167 e. The Bertz CT molecular complexity index is 92.1. The number of nitrogens with one attached hydrogen (secondary N) is 2. The van der Waals surface area contributed by atoms with Crippen LogP contribution in [-0.4, -0.2) is 22.4 Å². The zero-order chi connectivity index (χ0) is 7.94. The van der Waals surface area contributed by atoms with E-state index in [4.69, 9.17) is 0 Å². The molecular weight excluding hydrogens is 152 g/mol. The highest BCUT2D eigenvalue weighted by Gasteiger charge is 2.12. The molecule has 66 valence electrons. The van der Waals surface area contributed by atoms with Crippen LogP contribution in [0.2, 0.25) is 0 Å². The van der Waals surface area contributed by atoms with Crippen LogP contribution in [-0.2, 0) is 0 Å². The van der Waals surface area contributed by atoms with Gasteiger partial charge in [0.2, 0.25) is 0 Å². The van der Waals surface area contributed by atoms with Crippen LogP contribution in [0.4, 0.5) is 0 Å². The van der Waals surface area contributed by atoms with Crippen LogP contribution in [0.1, 0.15) is 39.0 Å². The zero-order valence-electron chi connectivity index (χ0n) is 7.53. The first-order chi connectivity index (χ1) is 5.43. The largest absolute Gasteiger partial charge is 0.330 e. The normalized spacial score (nSPS) is 20.5. The zero-order valence-corrected chi connectivity index (χ0v) is 8.94. The molecule has 0 aromatic carbocycles. The van der Waals surface area contributed by atoms with Crippen molar-refractivity contribution in [3.63, 3.8) is 0 Å².